The Kier molecular flexibility index (Phi) is 3.43. The Labute approximate surface area is 103 Å². The Hall–Kier alpha value is -1.74. The van der Waals surface area contributed by atoms with E-state index in [0.717, 1.165) is 25.2 Å². The molecule has 0 saturated carbocycles. The van der Waals surface area contributed by atoms with Crippen LogP contribution in [0.3, 0.4) is 0 Å². The molecule has 0 amide bonds. The normalized spacial score (nSPS) is 16.4. The zero-order chi connectivity index (χ0) is 13.2. The molecule has 0 aromatic heterocycles. The lowest BCUT2D eigenvalue weighted by Crippen LogP contribution is -2.43. The van der Waals surface area contributed by atoms with E-state index in [2.05, 4.69) is 5.32 Å². The van der Waals surface area contributed by atoms with Crippen LogP contribution in [0.2, 0.25) is 0 Å². The summed E-state index contributed by atoms with van der Waals surface area (Å²) >= 11 is 0. The van der Waals surface area contributed by atoms with Crippen molar-refractivity contribution in [1.82, 2.24) is 5.32 Å². The minimum absolute atomic E-state index is 0.0757. The van der Waals surface area contributed by atoms with Crippen molar-refractivity contribution in [1.29, 1.82) is 5.26 Å². The smallest absolute Gasteiger partial charge is 0.368 e. The molecule has 1 aliphatic rings. The van der Waals surface area contributed by atoms with Crippen LogP contribution in [0, 0.1) is 11.3 Å². The number of hydrogen-bond acceptors (Lipinski definition) is 3. The summed E-state index contributed by atoms with van der Waals surface area (Å²) < 4.78 is 37.6. The summed E-state index contributed by atoms with van der Waals surface area (Å²) in [5, 5.41) is 12.1. The molecule has 1 aromatic rings. The molecular weight excluding hydrogens is 243 g/mol. The number of rotatable bonds is 1. The Morgan fingerprint density at radius 3 is 2.44 bits per heavy atom. The first-order valence-corrected chi connectivity index (χ1v) is 5.59. The van der Waals surface area contributed by atoms with E-state index in [1.54, 1.807) is 0 Å². The summed E-state index contributed by atoms with van der Waals surface area (Å²) in [6.45, 7) is 2.93. The first-order chi connectivity index (χ1) is 8.52. The van der Waals surface area contributed by atoms with Crippen LogP contribution in [0.4, 0.5) is 18.9 Å². The highest BCUT2D eigenvalue weighted by molar-refractivity contribution is 5.61. The number of nitrogens with zero attached hydrogens (tertiary/aromatic N) is 2. The van der Waals surface area contributed by atoms with Crippen LogP contribution in [0.1, 0.15) is 11.1 Å². The molecule has 1 aromatic carbocycles. The van der Waals surface area contributed by atoms with Crippen LogP contribution in [0.25, 0.3) is 0 Å². The summed E-state index contributed by atoms with van der Waals surface area (Å²) in [4.78, 5) is 1.93. The molecule has 0 spiro atoms. The quantitative estimate of drug-likeness (QED) is 0.834. The van der Waals surface area contributed by atoms with Crippen molar-refractivity contribution in [2.45, 2.75) is 6.18 Å². The molecule has 1 aliphatic heterocycles. The zero-order valence-electron chi connectivity index (χ0n) is 9.59. The average Bonchev–Trinajstić information content (AvgIpc) is 2.38. The second kappa shape index (κ2) is 4.86. The maximum atomic E-state index is 12.5. The molecule has 0 atom stereocenters. The Bertz CT molecular complexity index is 470. The molecule has 1 fully saturated rings. The molecular formula is C12H12F3N3. The lowest BCUT2D eigenvalue weighted by Gasteiger charge is -2.30. The van der Waals surface area contributed by atoms with Crippen molar-refractivity contribution < 1.29 is 13.2 Å². The van der Waals surface area contributed by atoms with Gasteiger partial charge in [-0.15, -0.1) is 0 Å². The lowest BCUT2D eigenvalue weighted by molar-refractivity contribution is -0.137. The number of nitriles is 1. The van der Waals surface area contributed by atoms with Gasteiger partial charge in [-0.2, -0.15) is 18.4 Å². The Balaban J connectivity index is 2.34. The second-order valence-electron chi connectivity index (χ2n) is 4.08. The van der Waals surface area contributed by atoms with Gasteiger partial charge in [-0.05, 0) is 18.2 Å². The van der Waals surface area contributed by atoms with Crippen LogP contribution >= 0.6 is 0 Å². The number of benzene rings is 1. The van der Waals surface area contributed by atoms with Crippen molar-refractivity contribution in [3.05, 3.63) is 29.3 Å². The molecule has 18 heavy (non-hydrogen) atoms. The SMILES string of the molecule is N#Cc1cc(C(F)(F)F)ccc1N1CCNCC1. The number of nitrogens with one attached hydrogen (secondary N) is 1. The zero-order valence-corrected chi connectivity index (χ0v) is 9.59. The molecule has 0 unspecified atom stereocenters. The van der Waals surface area contributed by atoms with E-state index < -0.39 is 11.7 Å². The maximum Gasteiger partial charge on any atom is 0.416 e. The number of halogens is 3. The number of alkyl halides is 3. The largest absolute Gasteiger partial charge is 0.416 e. The third-order valence-electron chi connectivity index (χ3n) is 2.90. The van der Waals surface area contributed by atoms with E-state index in [9.17, 15) is 13.2 Å². The summed E-state index contributed by atoms with van der Waals surface area (Å²) in [6.07, 6.45) is -4.41. The Morgan fingerprint density at radius 1 is 1.22 bits per heavy atom. The molecule has 0 bridgehead atoms. The van der Waals surface area contributed by atoms with Gasteiger partial charge in [0.25, 0.3) is 0 Å². The molecule has 1 heterocycles. The van der Waals surface area contributed by atoms with E-state index in [1.165, 1.54) is 6.07 Å². The van der Waals surface area contributed by atoms with Gasteiger partial charge < -0.3 is 10.2 Å². The highest BCUT2D eigenvalue weighted by atomic mass is 19.4. The molecule has 96 valence electrons. The number of hydrogen-bond donors (Lipinski definition) is 1. The topological polar surface area (TPSA) is 39.1 Å². The fourth-order valence-corrected chi connectivity index (χ4v) is 1.98. The fourth-order valence-electron chi connectivity index (χ4n) is 1.98. The fraction of sp³-hybridized carbons (Fsp3) is 0.417. The van der Waals surface area contributed by atoms with Crippen LogP contribution in [-0.2, 0) is 6.18 Å². The van der Waals surface area contributed by atoms with E-state index in [0.29, 0.717) is 18.8 Å². The first-order valence-electron chi connectivity index (χ1n) is 5.59. The van der Waals surface area contributed by atoms with Crippen LogP contribution in [0.5, 0.6) is 0 Å². The molecule has 0 aliphatic carbocycles. The molecule has 2 rings (SSSR count). The van der Waals surface area contributed by atoms with Gasteiger partial charge in [0, 0.05) is 26.2 Å². The standard InChI is InChI=1S/C12H12F3N3/c13-12(14,15)10-1-2-11(9(7-10)8-16)18-5-3-17-4-6-18/h1-2,7,17H,3-6H2. The third-order valence-corrected chi connectivity index (χ3v) is 2.90. The summed E-state index contributed by atoms with van der Waals surface area (Å²) in [7, 11) is 0. The van der Waals surface area contributed by atoms with E-state index in [4.69, 9.17) is 5.26 Å². The van der Waals surface area contributed by atoms with Gasteiger partial charge in [-0.25, -0.2) is 0 Å². The van der Waals surface area contributed by atoms with Gasteiger partial charge in [0.15, 0.2) is 0 Å². The molecule has 6 heteroatoms. The highest BCUT2D eigenvalue weighted by Crippen LogP contribution is 2.32. The molecule has 3 nitrogen and oxygen atoms in total. The molecule has 0 radical (unpaired) electrons. The van der Waals surface area contributed by atoms with Crippen molar-refractivity contribution in [2.75, 3.05) is 31.1 Å². The van der Waals surface area contributed by atoms with Gasteiger partial charge in [0.05, 0.1) is 16.8 Å². The van der Waals surface area contributed by atoms with Crippen LogP contribution < -0.4 is 10.2 Å². The van der Waals surface area contributed by atoms with E-state index >= 15 is 0 Å². The summed E-state index contributed by atoms with van der Waals surface area (Å²) in [6, 6.07) is 5.16. The van der Waals surface area contributed by atoms with Crippen LogP contribution in [-0.4, -0.2) is 26.2 Å². The van der Waals surface area contributed by atoms with Crippen LogP contribution in [0.15, 0.2) is 18.2 Å². The maximum absolute atomic E-state index is 12.5. The second-order valence-corrected chi connectivity index (χ2v) is 4.08. The first kappa shape index (κ1) is 12.7. The third kappa shape index (κ3) is 2.57. The summed E-state index contributed by atoms with van der Waals surface area (Å²) in [5.74, 6) is 0. The van der Waals surface area contributed by atoms with E-state index in [-0.39, 0.29) is 5.56 Å². The predicted molar refractivity (Wildman–Crippen MR) is 61.2 cm³/mol. The monoisotopic (exact) mass is 255 g/mol. The minimum atomic E-state index is -4.41. The van der Waals surface area contributed by atoms with Crippen molar-refractivity contribution in [3.8, 4) is 6.07 Å². The molecule has 1 N–H and O–H groups in total. The Morgan fingerprint density at radius 2 is 1.89 bits per heavy atom. The average molecular weight is 255 g/mol. The minimum Gasteiger partial charge on any atom is -0.368 e. The summed E-state index contributed by atoms with van der Waals surface area (Å²) in [5.41, 5.74) is -0.128. The van der Waals surface area contributed by atoms with Gasteiger partial charge >= 0.3 is 6.18 Å². The van der Waals surface area contributed by atoms with Crippen molar-refractivity contribution in [2.24, 2.45) is 0 Å². The molecule has 1 saturated heterocycles. The highest BCUT2D eigenvalue weighted by Gasteiger charge is 2.31. The van der Waals surface area contributed by atoms with E-state index in [1.807, 2.05) is 11.0 Å². The number of anilines is 1. The van der Waals surface area contributed by atoms with Gasteiger partial charge in [0.2, 0.25) is 0 Å². The lowest BCUT2D eigenvalue weighted by atomic mass is 10.1. The number of piperazine rings is 1. The van der Waals surface area contributed by atoms with Gasteiger partial charge in [0.1, 0.15) is 6.07 Å². The van der Waals surface area contributed by atoms with Crippen molar-refractivity contribution in [3.63, 3.8) is 0 Å². The van der Waals surface area contributed by atoms with Crippen molar-refractivity contribution >= 4 is 5.69 Å². The predicted octanol–water partition coefficient (Wildman–Crippen LogP) is 1.99. The van der Waals surface area contributed by atoms with Gasteiger partial charge in [-0.1, -0.05) is 0 Å². The van der Waals surface area contributed by atoms with Gasteiger partial charge in [-0.3, -0.25) is 0 Å².